The lowest BCUT2D eigenvalue weighted by atomic mass is 9.87. The van der Waals surface area contributed by atoms with Crippen LogP contribution in [0.5, 0.6) is 0 Å². The highest BCUT2D eigenvalue weighted by Gasteiger charge is 2.24. The number of aryl methyl sites for hydroxylation is 1. The average molecular weight is 419 g/mol. The summed E-state index contributed by atoms with van der Waals surface area (Å²) in [4.78, 5) is 23.7. The van der Waals surface area contributed by atoms with Crippen molar-refractivity contribution in [3.05, 3.63) is 59.2 Å². The Bertz CT molecular complexity index is 1040. The summed E-state index contributed by atoms with van der Waals surface area (Å²) in [5.74, 6) is -1.65. The number of sulfonamides is 1. The predicted molar refractivity (Wildman–Crippen MR) is 111 cm³/mol. The Balaban J connectivity index is 2.42. The molecule has 156 valence electrons. The zero-order valence-corrected chi connectivity index (χ0v) is 18.0. The topological polar surface area (TPSA) is 116 Å². The van der Waals surface area contributed by atoms with Crippen LogP contribution in [0.3, 0.4) is 0 Å². The van der Waals surface area contributed by atoms with E-state index < -0.39 is 28.0 Å². The van der Waals surface area contributed by atoms with Crippen molar-refractivity contribution >= 4 is 27.6 Å². The molecule has 0 unspecified atom stereocenters. The Morgan fingerprint density at radius 3 is 2.31 bits per heavy atom. The molecule has 0 aliphatic heterocycles. The number of anilines is 1. The highest BCUT2D eigenvalue weighted by molar-refractivity contribution is 7.92. The molecule has 0 bridgehead atoms. The van der Waals surface area contributed by atoms with Gasteiger partial charge in [0.05, 0.1) is 16.1 Å². The van der Waals surface area contributed by atoms with Crippen LogP contribution in [0.1, 0.15) is 49.2 Å². The van der Waals surface area contributed by atoms with Gasteiger partial charge in [-0.25, -0.2) is 13.2 Å². The normalized spacial score (nSPS) is 12.9. The maximum absolute atomic E-state index is 13.1. The lowest BCUT2D eigenvalue weighted by molar-refractivity contribution is -0.125. The van der Waals surface area contributed by atoms with Crippen molar-refractivity contribution in [2.75, 3.05) is 4.72 Å². The third kappa shape index (κ3) is 5.35. The largest absolute Gasteiger partial charge is 0.449 e. The summed E-state index contributed by atoms with van der Waals surface area (Å²) in [6.07, 6.45) is -1.14. The summed E-state index contributed by atoms with van der Waals surface area (Å²) in [6.45, 7) is 9.02. The van der Waals surface area contributed by atoms with Gasteiger partial charge < -0.3 is 10.5 Å². The van der Waals surface area contributed by atoms with Gasteiger partial charge >= 0.3 is 5.97 Å². The second-order valence-corrected chi connectivity index (χ2v) is 9.48. The first-order chi connectivity index (χ1) is 13.3. The minimum atomic E-state index is -3.98. The first-order valence-corrected chi connectivity index (χ1v) is 10.5. The van der Waals surface area contributed by atoms with Gasteiger partial charge in [-0.2, -0.15) is 0 Å². The fourth-order valence-corrected chi connectivity index (χ4v) is 3.94. The molecule has 0 aliphatic carbocycles. The zero-order valence-electron chi connectivity index (χ0n) is 17.1. The minimum Gasteiger partial charge on any atom is -0.449 e. The number of carbonyl (C=O) groups is 2. The van der Waals surface area contributed by atoms with Gasteiger partial charge in [0.25, 0.3) is 15.9 Å². The molecule has 0 spiro atoms. The number of amides is 1. The summed E-state index contributed by atoms with van der Waals surface area (Å²) in [6, 6.07) is 11.3. The third-order valence-electron chi connectivity index (χ3n) is 4.42. The summed E-state index contributed by atoms with van der Waals surface area (Å²) < 4.78 is 33.6. The van der Waals surface area contributed by atoms with E-state index >= 15 is 0 Å². The van der Waals surface area contributed by atoms with Crippen LogP contribution in [0, 0.1) is 6.92 Å². The number of carbonyl (C=O) groups excluding carboxylic acids is 2. The van der Waals surface area contributed by atoms with Gasteiger partial charge in [0.1, 0.15) is 0 Å². The standard InChI is InChI=1S/C21H26N2O5S/c1-13-10-11-15(21(3,4)5)12-18(13)29(26,27)23-17-9-7-6-8-16(17)20(25)28-14(2)19(22)24/h6-12,14,23H,1-5H3,(H2,22,24)/t14-/m1/s1. The van der Waals surface area contributed by atoms with Crippen LogP contribution in [0.2, 0.25) is 0 Å². The Kier molecular flexibility index (Phi) is 6.37. The maximum Gasteiger partial charge on any atom is 0.341 e. The lowest BCUT2D eigenvalue weighted by Gasteiger charge is -2.21. The molecule has 0 fully saturated rings. The van der Waals surface area contributed by atoms with Crippen LogP contribution in [-0.2, 0) is 25.0 Å². The molecule has 2 rings (SSSR count). The first kappa shape index (κ1) is 22.4. The average Bonchev–Trinajstić information content (AvgIpc) is 2.60. The molecule has 7 nitrogen and oxygen atoms in total. The van der Waals surface area contributed by atoms with Crippen LogP contribution >= 0.6 is 0 Å². The number of primary amides is 1. The van der Waals surface area contributed by atoms with Crippen molar-refractivity contribution in [1.29, 1.82) is 0 Å². The first-order valence-electron chi connectivity index (χ1n) is 9.06. The number of rotatable bonds is 6. The van der Waals surface area contributed by atoms with E-state index in [1.807, 2.05) is 26.8 Å². The summed E-state index contributed by atoms with van der Waals surface area (Å²) in [7, 11) is -3.98. The van der Waals surface area contributed by atoms with Crippen molar-refractivity contribution in [3.8, 4) is 0 Å². The summed E-state index contributed by atoms with van der Waals surface area (Å²) in [5.41, 5.74) is 6.36. The molecule has 8 heteroatoms. The molecule has 29 heavy (non-hydrogen) atoms. The van der Waals surface area contributed by atoms with Gasteiger partial charge in [-0.15, -0.1) is 0 Å². The Morgan fingerprint density at radius 2 is 1.72 bits per heavy atom. The van der Waals surface area contributed by atoms with Gasteiger partial charge in [-0.3, -0.25) is 9.52 Å². The molecular weight excluding hydrogens is 392 g/mol. The Morgan fingerprint density at radius 1 is 1.10 bits per heavy atom. The smallest absolute Gasteiger partial charge is 0.341 e. The number of nitrogens with one attached hydrogen (secondary N) is 1. The Labute approximate surface area is 171 Å². The third-order valence-corrected chi connectivity index (χ3v) is 5.93. The number of esters is 1. The van der Waals surface area contributed by atoms with Crippen LogP contribution in [0.25, 0.3) is 0 Å². The van der Waals surface area contributed by atoms with Crippen molar-refractivity contribution < 1.29 is 22.7 Å². The minimum absolute atomic E-state index is 0.0196. The van der Waals surface area contributed by atoms with E-state index in [1.54, 1.807) is 31.2 Å². The van der Waals surface area contributed by atoms with Crippen molar-refractivity contribution in [1.82, 2.24) is 0 Å². The maximum atomic E-state index is 13.1. The number of benzene rings is 2. The van der Waals surface area contributed by atoms with E-state index in [0.29, 0.717) is 5.56 Å². The van der Waals surface area contributed by atoms with Gasteiger partial charge in [-0.1, -0.05) is 45.0 Å². The highest BCUT2D eigenvalue weighted by Crippen LogP contribution is 2.28. The van der Waals surface area contributed by atoms with E-state index in [2.05, 4.69) is 4.72 Å². The van der Waals surface area contributed by atoms with Crippen LogP contribution in [0.15, 0.2) is 47.4 Å². The Hall–Kier alpha value is -2.87. The van der Waals surface area contributed by atoms with Gasteiger partial charge in [0.2, 0.25) is 0 Å². The van der Waals surface area contributed by atoms with Crippen LogP contribution in [0.4, 0.5) is 5.69 Å². The SMILES string of the molecule is Cc1ccc(C(C)(C)C)cc1S(=O)(=O)Nc1ccccc1C(=O)O[C@H](C)C(N)=O. The van der Waals surface area contributed by atoms with E-state index in [1.165, 1.54) is 19.1 Å². The fraction of sp³-hybridized carbons (Fsp3) is 0.333. The zero-order chi connectivity index (χ0) is 22.0. The molecule has 2 aromatic carbocycles. The molecule has 0 heterocycles. The molecule has 0 aromatic heterocycles. The van der Waals surface area contributed by atoms with Crippen molar-refractivity contribution in [2.24, 2.45) is 5.73 Å². The number of nitrogens with two attached hydrogens (primary N) is 1. The monoisotopic (exact) mass is 418 g/mol. The van der Waals surface area contributed by atoms with Crippen LogP contribution in [-0.4, -0.2) is 26.4 Å². The molecule has 0 saturated heterocycles. The van der Waals surface area contributed by atoms with Gasteiger partial charge in [0.15, 0.2) is 6.10 Å². The van der Waals surface area contributed by atoms with Crippen molar-refractivity contribution in [2.45, 2.75) is 51.0 Å². The predicted octanol–water partition coefficient (Wildman–Crippen LogP) is 3.12. The van der Waals surface area contributed by atoms with Gasteiger partial charge in [-0.05, 0) is 48.6 Å². The molecule has 2 aromatic rings. The van der Waals surface area contributed by atoms with Crippen molar-refractivity contribution in [3.63, 3.8) is 0 Å². The van der Waals surface area contributed by atoms with E-state index in [-0.39, 0.29) is 21.6 Å². The summed E-state index contributed by atoms with van der Waals surface area (Å²) in [5, 5.41) is 0. The molecule has 1 atom stereocenters. The van der Waals surface area contributed by atoms with Gasteiger partial charge in [0, 0.05) is 0 Å². The van der Waals surface area contributed by atoms with Crippen LogP contribution < -0.4 is 10.5 Å². The number of hydrogen-bond donors (Lipinski definition) is 2. The van der Waals surface area contributed by atoms with E-state index in [0.717, 1.165) is 5.56 Å². The quantitative estimate of drug-likeness (QED) is 0.699. The van der Waals surface area contributed by atoms with E-state index in [9.17, 15) is 18.0 Å². The molecule has 0 radical (unpaired) electrons. The molecule has 1 amide bonds. The highest BCUT2D eigenvalue weighted by atomic mass is 32.2. The number of ether oxygens (including phenoxy) is 1. The molecule has 0 saturated carbocycles. The number of para-hydroxylation sites is 1. The second-order valence-electron chi connectivity index (χ2n) is 7.83. The number of hydrogen-bond acceptors (Lipinski definition) is 5. The second kappa shape index (κ2) is 8.24. The molecule has 0 aliphatic rings. The fourth-order valence-electron chi connectivity index (χ4n) is 2.59. The molecular formula is C21H26N2O5S. The lowest BCUT2D eigenvalue weighted by Crippen LogP contribution is -2.30. The molecule has 3 N–H and O–H groups in total. The summed E-state index contributed by atoms with van der Waals surface area (Å²) >= 11 is 0. The van der Waals surface area contributed by atoms with E-state index in [4.69, 9.17) is 10.5 Å².